The van der Waals surface area contributed by atoms with Gasteiger partial charge in [-0.3, -0.25) is 0 Å². The molecule has 1 aromatic carbocycles. The van der Waals surface area contributed by atoms with E-state index in [0.717, 1.165) is 37.7 Å². The Morgan fingerprint density at radius 2 is 1.59 bits per heavy atom. The maximum Gasteiger partial charge on any atom is 0.243 e. The molecule has 27 heavy (non-hydrogen) atoms. The third kappa shape index (κ3) is 5.69. The van der Waals surface area contributed by atoms with E-state index in [1.807, 2.05) is 12.1 Å². The van der Waals surface area contributed by atoms with Crippen molar-refractivity contribution >= 4 is 16.0 Å². The van der Waals surface area contributed by atoms with E-state index in [-0.39, 0.29) is 0 Å². The number of aliphatic imine (C=N–C) groups is 1. The smallest absolute Gasteiger partial charge is 0.243 e. The summed E-state index contributed by atoms with van der Waals surface area (Å²) in [6, 6.07) is 7.46. The number of rotatable bonds is 5. The van der Waals surface area contributed by atoms with Crippen molar-refractivity contribution in [3.8, 4) is 0 Å². The summed E-state index contributed by atoms with van der Waals surface area (Å²) in [7, 11) is -3.37. The minimum atomic E-state index is -3.37. The zero-order valence-electron chi connectivity index (χ0n) is 16.1. The molecule has 0 radical (unpaired) electrons. The van der Waals surface area contributed by atoms with Crippen molar-refractivity contribution in [3.63, 3.8) is 0 Å². The fraction of sp³-hybridized carbons (Fsp3) is 0.650. The Hall–Kier alpha value is -1.60. The summed E-state index contributed by atoms with van der Waals surface area (Å²) in [6.45, 7) is 1.70. The molecule has 2 fully saturated rings. The number of piperidine rings is 1. The molecule has 1 heterocycles. The summed E-state index contributed by atoms with van der Waals surface area (Å²) in [4.78, 5) is 4.79. The van der Waals surface area contributed by atoms with E-state index in [1.165, 1.54) is 25.7 Å². The summed E-state index contributed by atoms with van der Waals surface area (Å²) in [5, 5.41) is 3.33. The molecule has 1 aromatic rings. The van der Waals surface area contributed by atoms with Crippen LogP contribution in [0.1, 0.15) is 63.4 Å². The molecule has 1 saturated heterocycles. The second-order valence-corrected chi connectivity index (χ2v) is 9.58. The summed E-state index contributed by atoms with van der Waals surface area (Å²) < 4.78 is 27.0. The standard InChI is InChI=1S/C20H32N4O2S/c21-20(23-18-8-4-1-2-5-9-18)22-16-17-10-12-19(13-11-17)27(25,26)24-14-6-3-7-15-24/h10-13,18H,1-9,14-16H2,(H3,21,22,23). The van der Waals surface area contributed by atoms with Crippen LogP contribution >= 0.6 is 0 Å². The third-order valence-electron chi connectivity index (χ3n) is 5.52. The van der Waals surface area contributed by atoms with Gasteiger partial charge in [0.1, 0.15) is 0 Å². The predicted octanol–water partition coefficient (Wildman–Crippen LogP) is 2.99. The van der Waals surface area contributed by atoms with Crippen LogP contribution in [0.2, 0.25) is 0 Å². The van der Waals surface area contributed by atoms with Crippen molar-refractivity contribution in [3.05, 3.63) is 29.8 Å². The summed E-state index contributed by atoms with van der Waals surface area (Å²) >= 11 is 0. The van der Waals surface area contributed by atoms with Crippen molar-refractivity contribution in [2.75, 3.05) is 13.1 Å². The van der Waals surface area contributed by atoms with Crippen LogP contribution in [0, 0.1) is 0 Å². The zero-order valence-corrected chi connectivity index (χ0v) is 16.9. The van der Waals surface area contributed by atoms with Crippen LogP contribution in [0.25, 0.3) is 0 Å². The lowest BCUT2D eigenvalue weighted by atomic mass is 10.1. The SMILES string of the molecule is NC(=NCc1ccc(S(=O)(=O)N2CCCCC2)cc1)NC1CCCCCC1. The molecule has 2 aliphatic rings. The molecule has 0 amide bonds. The Morgan fingerprint density at radius 1 is 1.00 bits per heavy atom. The highest BCUT2D eigenvalue weighted by Crippen LogP contribution is 2.21. The number of guanidine groups is 1. The fourth-order valence-electron chi connectivity index (χ4n) is 3.88. The molecular formula is C20H32N4O2S. The molecule has 1 aliphatic heterocycles. The molecule has 0 aromatic heterocycles. The van der Waals surface area contributed by atoms with Gasteiger partial charge in [-0.25, -0.2) is 13.4 Å². The second kappa shape index (κ2) is 9.55. The molecule has 6 nitrogen and oxygen atoms in total. The first-order valence-corrected chi connectivity index (χ1v) is 11.7. The van der Waals surface area contributed by atoms with Gasteiger partial charge in [0, 0.05) is 19.1 Å². The highest BCUT2D eigenvalue weighted by atomic mass is 32.2. The average molecular weight is 393 g/mol. The monoisotopic (exact) mass is 392 g/mol. The number of sulfonamides is 1. The topological polar surface area (TPSA) is 87.8 Å². The largest absolute Gasteiger partial charge is 0.370 e. The molecule has 7 heteroatoms. The van der Waals surface area contributed by atoms with Crippen LogP contribution in [0.3, 0.4) is 0 Å². The van der Waals surface area contributed by atoms with E-state index in [9.17, 15) is 8.42 Å². The Kier molecular flexibility index (Phi) is 7.13. The Labute approximate surface area is 163 Å². The maximum atomic E-state index is 12.7. The minimum Gasteiger partial charge on any atom is -0.370 e. The second-order valence-electron chi connectivity index (χ2n) is 7.64. The minimum absolute atomic E-state index is 0.363. The summed E-state index contributed by atoms with van der Waals surface area (Å²) in [5.41, 5.74) is 6.99. The first kappa shape index (κ1) is 20.1. The van der Waals surface area contributed by atoms with Gasteiger partial charge in [-0.05, 0) is 43.4 Å². The first-order valence-electron chi connectivity index (χ1n) is 10.2. The molecule has 0 unspecified atom stereocenters. The van der Waals surface area contributed by atoms with Crippen LogP contribution in [-0.2, 0) is 16.6 Å². The molecule has 1 aliphatic carbocycles. The van der Waals surface area contributed by atoms with Crippen molar-refractivity contribution in [1.29, 1.82) is 0 Å². The zero-order chi connectivity index (χ0) is 19.1. The van der Waals surface area contributed by atoms with Gasteiger partial charge in [0.25, 0.3) is 0 Å². The van der Waals surface area contributed by atoms with E-state index < -0.39 is 10.0 Å². The lowest BCUT2D eigenvalue weighted by Gasteiger charge is -2.25. The molecule has 3 N–H and O–H groups in total. The van der Waals surface area contributed by atoms with Gasteiger partial charge in [0.05, 0.1) is 11.4 Å². The highest BCUT2D eigenvalue weighted by Gasteiger charge is 2.25. The van der Waals surface area contributed by atoms with Gasteiger partial charge in [-0.15, -0.1) is 0 Å². The number of hydrogen-bond acceptors (Lipinski definition) is 3. The van der Waals surface area contributed by atoms with E-state index in [1.54, 1.807) is 16.4 Å². The number of nitrogens with two attached hydrogens (primary N) is 1. The Balaban J connectivity index is 1.56. The van der Waals surface area contributed by atoms with Crippen LogP contribution < -0.4 is 11.1 Å². The first-order chi connectivity index (χ1) is 13.1. The summed E-state index contributed by atoms with van der Waals surface area (Å²) in [6.07, 6.45) is 10.4. The van der Waals surface area contributed by atoms with Crippen LogP contribution in [-0.4, -0.2) is 37.8 Å². The molecule has 0 spiro atoms. The molecule has 0 atom stereocenters. The number of nitrogens with one attached hydrogen (secondary N) is 1. The quantitative estimate of drug-likeness (QED) is 0.458. The van der Waals surface area contributed by atoms with E-state index in [2.05, 4.69) is 10.3 Å². The van der Waals surface area contributed by atoms with E-state index in [4.69, 9.17) is 5.73 Å². The van der Waals surface area contributed by atoms with Crippen molar-refractivity contribution < 1.29 is 8.42 Å². The normalized spacial score (nSPS) is 21.0. The molecule has 3 rings (SSSR count). The maximum absolute atomic E-state index is 12.7. The van der Waals surface area contributed by atoms with Gasteiger partial charge in [0.2, 0.25) is 10.0 Å². The van der Waals surface area contributed by atoms with Crippen molar-refractivity contribution in [2.24, 2.45) is 10.7 Å². The van der Waals surface area contributed by atoms with Gasteiger partial charge in [-0.2, -0.15) is 4.31 Å². The lowest BCUT2D eigenvalue weighted by Crippen LogP contribution is -2.39. The molecule has 0 bridgehead atoms. The lowest BCUT2D eigenvalue weighted by molar-refractivity contribution is 0.346. The van der Waals surface area contributed by atoms with Crippen LogP contribution in [0.5, 0.6) is 0 Å². The third-order valence-corrected chi connectivity index (χ3v) is 7.43. The molecule has 1 saturated carbocycles. The number of hydrogen-bond donors (Lipinski definition) is 2. The highest BCUT2D eigenvalue weighted by molar-refractivity contribution is 7.89. The van der Waals surface area contributed by atoms with Crippen LogP contribution in [0.15, 0.2) is 34.2 Å². The van der Waals surface area contributed by atoms with Crippen molar-refractivity contribution in [2.45, 2.75) is 75.3 Å². The van der Waals surface area contributed by atoms with Crippen LogP contribution in [0.4, 0.5) is 0 Å². The summed E-state index contributed by atoms with van der Waals surface area (Å²) in [5.74, 6) is 0.479. The van der Waals surface area contributed by atoms with E-state index in [0.29, 0.717) is 36.5 Å². The van der Waals surface area contributed by atoms with Gasteiger partial charge < -0.3 is 11.1 Å². The molecular weight excluding hydrogens is 360 g/mol. The Bertz CT molecular complexity index is 717. The van der Waals surface area contributed by atoms with Gasteiger partial charge in [0.15, 0.2) is 5.96 Å². The Morgan fingerprint density at radius 3 is 2.22 bits per heavy atom. The van der Waals surface area contributed by atoms with Crippen molar-refractivity contribution in [1.82, 2.24) is 9.62 Å². The van der Waals surface area contributed by atoms with Gasteiger partial charge >= 0.3 is 0 Å². The average Bonchev–Trinajstić information content (AvgIpc) is 2.96. The fourth-order valence-corrected chi connectivity index (χ4v) is 5.39. The number of benzene rings is 1. The number of nitrogens with zero attached hydrogens (tertiary/aromatic N) is 2. The van der Waals surface area contributed by atoms with Gasteiger partial charge in [-0.1, -0.05) is 44.2 Å². The predicted molar refractivity (Wildman–Crippen MR) is 109 cm³/mol. The van der Waals surface area contributed by atoms with E-state index >= 15 is 0 Å². The molecule has 150 valence electrons.